The maximum Gasteiger partial charge on any atom is 0.119 e. The lowest BCUT2D eigenvalue weighted by molar-refractivity contribution is 0.414. The SMILES string of the molecule is COc1ccc(N)c(Cc2ccco2)c1. The van der Waals surface area contributed by atoms with Gasteiger partial charge in [0, 0.05) is 12.1 Å². The molecule has 0 aliphatic carbocycles. The highest BCUT2D eigenvalue weighted by molar-refractivity contribution is 5.51. The summed E-state index contributed by atoms with van der Waals surface area (Å²) in [5.74, 6) is 1.71. The Morgan fingerprint density at radius 3 is 2.87 bits per heavy atom. The van der Waals surface area contributed by atoms with Crippen LogP contribution in [0.1, 0.15) is 11.3 Å². The fourth-order valence-corrected chi connectivity index (χ4v) is 1.46. The molecular weight excluding hydrogens is 190 g/mol. The van der Waals surface area contributed by atoms with Gasteiger partial charge in [0.1, 0.15) is 11.5 Å². The Balaban J connectivity index is 2.27. The number of methoxy groups -OCH3 is 1. The van der Waals surface area contributed by atoms with Crippen LogP contribution in [0.3, 0.4) is 0 Å². The number of nitrogens with two attached hydrogens (primary N) is 1. The van der Waals surface area contributed by atoms with Gasteiger partial charge in [-0.15, -0.1) is 0 Å². The second kappa shape index (κ2) is 4.09. The zero-order valence-corrected chi connectivity index (χ0v) is 8.57. The summed E-state index contributed by atoms with van der Waals surface area (Å²) in [4.78, 5) is 0. The summed E-state index contributed by atoms with van der Waals surface area (Å²) >= 11 is 0. The van der Waals surface area contributed by atoms with Gasteiger partial charge in [0.25, 0.3) is 0 Å². The number of furan rings is 1. The summed E-state index contributed by atoms with van der Waals surface area (Å²) < 4.78 is 10.4. The minimum absolute atomic E-state index is 0.691. The molecule has 3 nitrogen and oxygen atoms in total. The van der Waals surface area contributed by atoms with Crippen molar-refractivity contribution in [3.63, 3.8) is 0 Å². The van der Waals surface area contributed by atoms with Crippen LogP contribution in [0.2, 0.25) is 0 Å². The Morgan fingerprint density at radius 1 is 1.33 bits per heavy atom. The monoisotopic (exact) mass is 203 g/mol. The van der Waals surface area contributed by atoms with Crippen LogP contribution in [0, 0.1) is 0 Å². The van der Waals surface area contributed by atoms with Crippen molar-refractivity contribution in [2.75, 3.05) is 12.8 Å². The van der Waals surface area contributed by atoms with E-state index in [4.69, 9.17) is 14.9 Å². The van der Waals surface area contributed by atoms with Gasteiger partial charge in [-0.05, 0) is 35.9 Å². The molecule has 1 aromatic heterocycles. The number of ether oxygens (including phenoxy) is 1. The Bertz CT molecular complexity index is 435. The summed E-state index contributed by atoms with van der Waals surface area (Å²) in [6.45, 7) is 0. The maximum atomic E-state index is 5.86. The molecule has 78 valence electrons. The predicted molar refractivity (Wildman–Crippen MR) is 58.9 cm³/mol. The van der Waals surface area contributed by atoms with Crippen LogP contribution in [0.15, 0.2) is 41.0 Å². The van der Waals surface area contributed by atoms with Crippen LogP contribution in [-0.4, -0.2) is 7.11 Å². The molecule has 2 N–H and O–H groups in total. The van der Waals surface area contributed by atoms with Crippen molar-refractivity contribution in [3.8, 4) is 5.75 Å². The summed E-state index contributed by atoms with van der Waals surface area (Å²) in [6, 6.07) is 9.42. The fraction of sp³-hybridized carbons (Fsp3) is 0.167. The third-order valence-electron chi connectivity index (χ3n) is 2.29. The van der Waals surface area contributed by atoms with Gasteiger partial charge < -0.3 is 14.9 Å². The van der Waals surface area contributed by atoms with E-state index >= 15 is 0 Å². The predicted octanol–water partition coefficient (Wildman–Crippen LogP) is 2.46. The normalized spacial score (nSPS) is 10.2. The molecule has 0 fully saturated rings. The second-order valence-electron chi connectivity index (χ2n) is 3.32. The summed E-state index contributed by atoms with van der Waals surface area (Å²) in [5.41, 5.74) is 7.64. The van der Waals surface area contributed by atoms with Crippen molar-refractivity contribution < 1.29 is 9.15 Å². The van der Waals surface area contributed by atoms with E-state index in [2.05, 4.69) is 0 Å². The van der Waals surface area contributed by atoms with E-state index in [1.165, 1.54) is 0 Å². The molecule has 0 atom stereocenters. The molecule has 0 saturated heterocycles. The lowest BCUT2D eigenvalue weighted by Crippen LogP contribution is -1.96. The van der Waals surface area contributed by atoms with Gasteiger partial charge in [-0.2, -0.15) is 0 Å². The summed E-state index contributed by atoms with van der Waals surface area (Å²) in [6.07, 6.45) is 2.35. The van der Waals surface area contributed by atoms with Crippen LogP contribution >= 0.6 is 0 Å². The second-order valence-corrected chi connectivity index (χ2v) is 3.32. The van der Waals surface area contributed by atoms with E-state index in [0.29, 0.717) is 6.42 Å². The maximum absolute atomic E-state index is 5.86. The topological polar surface area (TPSA) is 48.4 Å². The van der Waals surface area contributed by atoms with E-state index in [0.717, 1.165) is 22.8 Å². The Morgan fingerprint density at radius 2 is 2.20 bits per heavy atom. The van der Waals surface area contributed by atoms with Crippen molar-refractivity contribution >= 4 is 5.69 Å². The van der Waals surface area contributed by atoms with E-state index < -0.39 is 0 Å². The standard InChI is InChI=1S/C12H13NO2/c1-14-10-4-5-12(13)9(7-10)8-11-3-2-6-15-11/h2-7H,8,13H2,1H3. The molecule has 0 unspecified atom stereocenters. The highest BCUT2D eigenvalue weighted by Crippen LogP contribution is 2.22. The molecule has 1 heterocycles. The zero-order chi connectivity index (χ0) is 10.7. The van der Waals surface area contributed by atoms with Gasteiger partial charge in [-0.1, -0.05) is 0 Å². The number of hydrogen-bond acceptors (Lipinski definition) is 3. The van der Waals surface area contributed by atoms with E-state index in [9.17, 15) is 0 Å². The van der Waals surface area contributed by atoms with Gasteiger partial charge in [0.15, 0.2) is 0 Å². The molecule has 1 aromatic carbocycles. The molecule has 0 saturated carbocycles. The molecule has 0 spiro atoms. The third-order valence-corrected chi connectivity index (χ3v) is 2.29. The quantitative estimate of drug-likeness (QED) is 0.779. The average molecular weight is 203 g/mol. The number of rotatable bonds is 3. The third kappa shape index (κ3) is 2.13. The Kier molecular flexibility index (Phi) is 2.63. The number of benzene rings is 1. The molecule has 2 rings (SSSR count). The highest BCUT2D eigenvalue weighted by atomic mass is 16.5. The van der Waals surface area contributed by atoms with Gasteiger partial charge in [-0.25, -0.2) is 0 Å². The van der Waals surface area contributed by atoms with Crippen LogP contribution in [-0.2, 0) is 6.42 Å². The van der Waals surface area contributed by atoms with Crippen LogP contribution in [0.25, 0.3) is 0 Å². The Hall–Kier alpha value is -1.90. The van der Waals surface area contributed by atoms with Crippen molar-refractivity contribution in [1.29, 1.82) is 0 Å². The minimum Gasteiger partial charge on any atom is -0.497 e. The molecule has 0 radical (unpaired) electrons. The van der Waals surface area contributed by atoms with Crippen LogP contribution < -0.4 is 10.5 Å². The first-order chi connectivity index (χ1) is 7.29. The van der Waals surface area contributed by atoms with Crippen LogP contribution in [0.5, 0.6) is 5.75 Å². The Labute approximate surface area is 88.5 Å². The van der Waals surface area contributed by atoms with Crippen LogP contribution in [0.4, 0.5) is 5.69 Å². The van der Waals surface area contributed by atoms with E-state index in [-0.39, 0.29) is 0 Å². The first-order valence-electron chi connectivity index (χ1n) is 4.74. The van der Waals surface area contributed by atoms with Gasteiger partial charge in [-0.3, -0.25) is 0 Å². The smallest absolute Gasteiger partial charge is 0.119 e. The van der Waals surface area contributed by atoms with Gasteiger partial charge in [0.05, 0.1) is 13.4 Å². The van der Waals surface area contributed by atoms with Crippen molar-refractivity contribution in [1.82, 2.24) is 0 Å². The fourth-order valence-electron chi connectivity index (χ4n) is 1.46. The van der Waals surface area contributed by atoms with Crippen molar-refractivity contribution in [2.24, 2.45) is 0 Å². The molecule has 0 aliphatic rings. The van der Waals surface area contributed by atoms with Gasteiger partial charge >= 0.3 is 0 Å². The van der Waals surface area contributed by atoms with E-state index in [1.807, 2.05) is 30.3 Å². The summed E-state index contributed by atoms with van der Waals surface area (Å²) in [5, 5.41) is 0. The summed E-state index contributed by atoms with van der Waals surface area (Å²) in [7, 11) is 1.64. The number of hydrogen-bond donors (Lipinski definition) is 1. The van der Waals surface area contributed by atoms with Gasteiger partial charge in [0.2, 0.25) is 0 Å². The molecule has 15 heavy (non-hydrogen) atoms. The van der Waals surface area contributed by atoms with Crippen molar-refractivity contribution in [2.45, 2.75) is 6.42 Å². The lowest BCUT2D eigenvalue weighted by atomic mass is 10.1. The minimum atomic E-state index is 0.691. The molecule has 3 heteroatoms. The first kappa shape index (κ1) is 9.65. The van der Waals surface area contributed by atoms with E-state index in [1.54, 1.807) is 13.4 Å². The molecular formula is C12H13NO2. The molecule has 0 aliphatic heterocycles. The largest absolute Gasteiger partial charge is 0.497 e. The molecule has 0 bridgehead atoms. The van der Waals surface area contributed by atoms with Crippen molar-refractivity contribution in [3.05, 3.63) is 47.9 Å². The highest BCUT2D eigenvalue weighted by Gasteiger charge is 2.04. The number of nitrogen functional groups attached to an aromatic ring is 1. The average Bonchev–Trinajstić information content (AvgIpc) is 2.74. The molecule has 2 aromatic rings. The zero-order valence-electron chi connectivity index (χ0n) is 8.57. The first-order valence-corrected chi connectivity index (χ1v) is 4.74. The number of anilines is 1. The molecule has 0 amide bonds. The lowest BCUT2D eigenvalue weighted by Gasteiger charge is -2.06.